The lowest BCUT2D eigenvalue weighted by Gasteiger charge is -2.21. The quantitative estimate of drug-likeness (QED) is 0.645. The van der Waals surface area contributed by atoms with Gasteiger partial charge in [-0.15, -0.1) is 0 Å². The zero-order chi connectivity index (χ0) is 7.84. The third-order valence-electron chi connectivity index (χ3n) is 3.93. The van der Waals surface area contributed by atoms with Gasteiger partial charge in [-0.1, -0.05) is 6.92 Å². The zero-order valence-corrected chi connectivity index (χ0v) is 7.42. The lowest BCUT2D eigenvalue weighted by atomic mass is 9.85. The Bertz CT molecular complexity index is 124. The van der Waals surface area contributed by atoms with Gasteiger partial charge < -0.3 is 5.73 Å². The van der Waals surface area contributed by atoms with E-state index in [1.165, 1.54) is 25.7 Å². The van der Waals surface area contributed by atoms with Crippen molar-refractivity contribution in [1.82, 2.24) is 0 Å². The molecule has 1 unspecified atom stereocenters. The Morgan fingerprint density at radius 1 is 1.18 bits per heavy atom. The normalized spacial score (nSPS) is 44.7. The van der Waals surface area contributed by atoms with Crippen LogP contribution in [0.4, 0.5) is 0 Å². The van der Waals surface area contributed by atoms with Gasteiger partial charge in [-0.05, 0) is 55.9 Å². The van der Waals surface area contributed by atoms with Gasteiger partial charge in [-0.2, -0.15) is 0 Å². The maximum absolute atomic E-state index is 5.70. The standard InChI is InChI=1S/C10H19N/c1-7(6-11)10-8-2-3-9(10)5-4-8/h7-10H,2-6,11H2,1H3. The Balaban J connectivity index is 2.03. The highest BCUT2D eigenvalue weighted by molar-refractivity contribution is 4.93. The summed E-state index contributed by atoms with van der Waals surface area (Å²) in [6.07, 6.45) is 6.00. The molecule has 2 N–H and O–H groups in total. The molecule has 0 amide bonds. The summed E-state index contributed by atoms with van der Waals surface area (Å²) in [5, 5.41) is 0. The molecule has 2 rings (SSSR count). The topological polar surface area (TPSA) is 26.0 Å². The Morgan fingerprint density at radius 2 is 1.64 bits per heavy atom. The predicted molar refractivity (Wildman–Crippen MR) is 47.2 cm³/mol. The number of nitrogens with two attached hydrogens (primary N) is 1. The second-order valence-electron chi connectivity index (χ2n) is 4.47. The van der Waals surface area contributed by atoms with Gasteiger partial charge in [-0.25, -0.2) is 0 Å². The molecule has 0 saturated heterocycles. The molecular weight excluding hydrogens is 134 g/mol. The summed E-state index contributed by atoms with van der Waals surface area (Å²) in [5.74, 6) is 3.90. The van der Waals surface area contributed by atoms with E-state index in [0.717, 1.165) is 30.2 Å². The third kappa shape index (κ3) is 1.10. The van der Waals surface area contributed by atoms with Gasteiger partial charge in [0, 0.05) is 0 Å². The average molecular weight is 153 g/mol. The molecule has 1 heteroatoms. The van der Waals surface area contributed by atoms with Gasteiger partial charge in [0.15, 0.2) is 0 Å². The summed E-state index contributed by atoms with van der Waals surface area (Å²) in [4.78, 5) is 0. The first kappa shape index (κ1) is 7.60. The lowest BCUT2D eigenvalue weighted by Crippen LogP contribution is -2.23. The van der Waals surface area contributed by atoms with Crippen LogP contribution in [0.25, 0.3) is 0 Å². The first-order valence-corrected chi connectivity index (χ1v) is 5.03. The molecule has 0 aliphatic heterocycles. The van der Waals surface area contributed by atoms with Crippen LogP contribution in [0.3, 0.4) is 0 Å². The van der Waals surface area contributed by atoms with E-state index in [9.17, 15) is 0 Å². The van der Waals surface area contributed by atoms with Crippen LogP contribution in [0.2, 0.25) is 0 Å². The van der Waals surface area contributed by atoms with Crippen LogP contribution in [0, 0.1) is 23.7 Å². The van der Waals surface area contributed by atoms with Crippen LogP contribution in [0.5, 0.6) is 0 Å². The van der Waals surface area contributed by atoms with Crippen molar-refractivity contribution < 1.29 is 0 Å². The molecule has 0 heterocycles. The van der Waals surface area contributed by atoms with E-state index in [2.05, 4.69) is 6.92 Å². The molecule has 1 atom stereocenters. The first-order valence-electron chi connectivity index (χ1n) is 5.03. The van der Waals surface area contributed by atoms with Crippen molar-refractivity contribution in [3.05, 3.63) is 0 Å². The van der Waals surface area contributed by atoms with E-state index in [1.54, 1.807) is 0 Å². The van der Waals surface area contributed by atoms with Crippen molar-refractivity contribution in [1.29, 1.82) is 0 Å². The van der Waals surface area contributed by atoms with Crippen molar-refractivity contribution in [2.45, 2.75) is 32.6 Å². The molecule has 2 saturated carbocycles. The highest BCUT2D eigenvalue weighted by Gasteiger charge is 2.43. The molecule has 2 fully saturated rings. The maximum atomic E-state index is 5.70. The number of fused-ring (bicyclic) bond motifs is 2. The van der Waals surface area contributed by atoms with E-state index in [4.69, 9.17) is 5.73 Å². The minimum absolute atomic E-state index is 0.787. The van der Waals surface area contributed by atoms with Gasteiger partial charge in [0.1, 0.15) is 0 Å². The van der Waals surface area contributed by atoms with Crippen LogP contribution >= 0.6 is 0 Å². The summed E-state index contributed by atoms with van der Waals surface area (Å²) in [6.45, 7) is 3.24. The van der Waals surface area contributed by atoms with Gasteiger partial charge in [0.2, 0.25) is 0 Å². The minimum atomic E-state index is 0.787. The summed E-state index contributed by atoms with van der Waals surface area (Å²) in [5.41, 5.74) is 5.70. The molecule has 2 aliphatic rings. The number of hydrogen-bond acceptors (Lipinski definition) is 1. The average Bonchev–Trinajstić information content (AvgIpc) is 2.61. The van der Waals surface area contributed by atoms with Gasteiger partial charge in [-0.3, -0.25) is 0 Å². The fourth-order valence-corrected chi connectivity index (χ4v) is 3.39. The number of rotatable bonds is 2. The third-order valence-corrected chi connectivity index (χ3v) is 3.93. The van der Waals surface area contributed by atoms with Crippen molar-refractivity contribution in [3.63, 3.8) is 0 Å². The second kappa shape index (κ2) is 2.78. The molecule has 11 heavy (non-hydrogen) atoms. The molecular formula is C10H19N. The van der Waals surface area contributed by atoms with E-state index in [1.807, 2.05) is 0 Å². The molecule has 0 aromatic carbocycles. The Labute approximate surface area is 69.4 Å². The molecule has 2 aliphatic carbocycles. The van der Waals surface area contributed by atoms with E-state index in [0.29, 0.717) is 0 Å². The molecule has 0 spiro atoms. The van der Waals surface area contributed by atoms with E-state index < -0.39 is 0 Å². The zero-order valence-electron chi connectivity index (χ0n) is 7.42. The summed E-state index contributed by atoms with van der Waals surface area (Å²) in [7, 11) is 0. The van der Waals surface area contributed by atoms with Crippen LogP contribution in [-0.4, -0.2) is 6.54 Å². The summed E-state index contributed by atoms with van der Waals surface area (Å²) >= 11 is 0. The van der Waals surface area contributed by atoms with Crippen molar-refractivity contribution in [2.75, 3.05) is 6.54 Å². The van der Waals surface area contributed by atoms with Gasteiger partial charge >= 0.3 is 0 Å². The van der Waals surface area contributed by atoms with Crippen molar-refractivity contribution in [3.8, 4) is 0 Å². The molecule has 2 bridgehead atoms. The summed E-state index contributed by atoms with van der Waals surface area (Å²) < 4.78 is 0. The van der Waals surface area contributed by atoms with Crippen LogP contribution in [0.1, 0.15) is 32.6 Å². The molecule has 1 nitrogen and oxygen atoms in total. The monoisotopic (exact) mass is 153 g/mol. The SMILES string of the molecule is CC(CN)C1C2CCC1CC2. The maximum Gasteiger partial charge on any atom is -0.00487 e. The Morgan fingerprint density at radius 3 is 2.00 bits per heavy atom. The van der Waals surface area contributed by atoms with Crippen LogP contribution in [-0.2, 0) is 0 Å². The molecule has 0 aromatic rings. The number of hydrogen-bond donors (Lipinski definition) is 1. The highest BCUT2D eigenvalue weighted by atomic mass is 14.6. The lowest BCUT2D eigenvalue weighted by molar-refractivity contribution is 0.285. The van der Waals surface area contributed by atoms with Gasteiger partial charge in [0.05, 0.1) is 0 Å². The first-order chi connectivity index (χ1) is 5.33. The predicted octanol–water partition coefficient (Wildman–Crippen LogP) is 2.02. The largest absolute Gasteiger partial charge is 0.330 e. The fourth-order valence-electron chi connectivity index (χ4n) is 3.39. The van der Waals surface area contributed by atoms with E-state index in [-0.39, 0.29) is 0 Å². The smallest absolute Gasteiger partial charge is 0.00487 e. The Hall–Kier alpha value is -0.0400. The van der Waals surface area contributed by atoms with Crippen LogP contribution in [0.15, 0.2) is 0 Å². The van der Waals surface area contributed by atoms with Crippen LogP contribution < -0.4 is 5.73 Å². The van der Waals surface area contributed by atoms with Crippen molar-refractivity contribution >= 4 is 0 Å². The molecule has 64 valence electrons. The molecule has 0 radical (unpaired) electrons. The van der Waals surface area contributed by atoms with Gasteiger partial charge in [0.25, 0.3) is 0 Å². The fraction of sp³-hybridized carbons (Fsp3) is 1.00. The second-order valence-corrected chi connectivity index (χ2v) is 4.47. The molecule has 0 aromatic heterocycles. The minimum Gasteiger partial charge on any atom is -0.330 e. The Kier molecular flexibility index (Phi) is 1.92. The highest BCUT2D eigenvalue weighted by Crippen LogP contribution is 2.52. The van der Waals surface area contributed by atoms with Crippen molar-refractivity contribution in [2.24, 2.45) is 29.4 Å². The van der Waals surface area contributed by atoms with E-state index >= 15 is 0 Å². The summed E-state index contributed by atoms with van der Waals surface area (Å²) in [6, 6.07) is 0.